The first kappa shape index (κ1) is 19.0. The quantitative estimate of drug-likeness (QED) is 0.366. The van der Waals surface area contributed by atoms with E-state index in [1.54, 1.807) is 19.1 Å². The fourth-order valence-corrected chi connectivity index (χ4v) is 3.11. The van der Waals surface area contributed by atoms with Crippen LogP contribution < -0.4 is 5.56 Å². The lowest BCUT2D eigenvalue weighted by molar-refractivity contribution is -0.141. The topological polar surface area (TPSA) is 67.8 Å². The molecule has 2 aromatic heterocycles. The van der Waals surface area contributed by atoms with Crippen LogP contribution in [0.1, 0.15) is 27.4 Å². The summed E-state index contributed by atoms with van der Waals surface area (Å²) in [7, 11) is 0. The van der Waals surface area contributed by atoms with Crippen molar-refractivity contribution in [2.45, 2.75) is 31.7 Å². The van der Waals surface area contributed by atoms with Gasteiger partial charge >= 0.3 is 6.18 Å². The van der Waals surface area contributed by atoms with E-state index in [1.165, 1.54) is 0 Å². The predicted molar refractivity (Wildman–Crippen MR) is 89.0 cm³/mol. The number of carbonyl (C=O) groups is 1. The number of Topliss-reactive ketones (excluding diaryl/α,β-unsaturated/α-hetero) is 1. The van der Waals surface area contributed by atoms with Crippen molar-refractivity contribution >= 4 is 17.5 Å². The van der Waals surface area contributed by atoms with Crippen LogP contribution in [0.15, 0.2) is 34.7 Å². The van der Waals surface area contributed by atoms with Gasteiger partial charge in [-0.15, -0.1) is 6.58 Å². The lowest BCUT2D eigenvalue weighted by Gasteiger charge is -2.07. The summed E-state index contributed by atoms with van der Waals surface area (Å²) in [5.74, 6) is -0.392. The van der Waals surface area contributed by atoms with Gasteiger partial charge < -0.3 is 9.55 Å². The number of hydrogen-bond donors (Lipinski definition) is 1. The predicted octanol–water partition coefficient (Wildman–Crippen LogP) is 3.37. The van der Waals surface area contributed by atoms with E-state index in [0.29, 0.717) is 18.2 Å². The number of aromatic amines is 1. The number of hydrogen-bond acceptors (Lipinski definition) is 4. The number of rotatable bonds is 6. The van der Waals surface area contributed by atoms with Crippen LogP contribution in [0, 0.1) is 13.8 Å². The maximum atomic E-state index is 12.7. The highest BCUT2D eigenvalue weighted by molar-refractivity contribution is 7.99. The van der Waals surface area contributed by atoms with E-state index in [-0.39, 0.29) is 16.7 Å². The van der Waals surface area contributed by atoms with Crippen LogP contribution in [0.25, 0.3) is 0 Å². The van der Waals surface area contributed by atoms with E-state index >= 15 is 0 Å². The molecule has 0 unspecified atom stereocenters. The van der Waals surface area contributed by atoms with E-state index in [4.69, 9.17) is 0 Å². The molecule has 134 valence electrons. The second kappa shape index (κ2) is 7.30. The first-order valence-corrected chi connectivity index (χ1v) is 8.24. The molecule has 0 bridgehead atoms. The molecule has 0 aliphatic rings. The average Bonchev–Trinajstić information content (AvgIpc) is 2.80. The van der Waals surface area contributed by atoms with Crippen LogP contribution in [-0.4, -0.2) is 26.1 Å². The summed E-state index contributed by atoms with van der Waals surface area (Å²) in [5.41, 5.74) is -0.0668. The summed E-state index contributed by atoms with van der Waals surface area (Å²) in [6.45, 7) is 7.86. The Morgan fingerprint density at radius 2 is 2.08 bits per heavy atom. The molecule has 0 aromatic carbocycles. The zero-order chi connectivity index (χ0) is 18.8. The van der Waals surface area contributed by atoms with Gasteiger partial charge in [-0.05, 0) is 19.9 Å². The minimum atomic E-state index is -4.72. The zero-order valence-corrected chi connectivity index (χ0v) is 14.4. The van der Waals surface area contributed by atoms with Crippen molar-refractivity contribution in [3.63, 3.8) is 0 Å². The molecule has 0 spiro atoms. The fourth-order valence-electron chi connectivity index (χ4n) is 2.35. The highest BCUT2D eigenvalue weighted by atomic mass is 32.2. The van der Waals surface area contributed by atoms with E-state index in [2.05, 4.69) is 16.5 Å². The highest BCUT2D eigenvalue weighted by Gasteiger charge is 2.33. The van der Waals surface area contributed by atoms with Gasteiger partial charge in [0, 0.05) is 29.6 Å². The number of aryl methyl sites for hydroxylation is 1. The van der Waals surface area contributed by atoms with Gasteiger partial charge in [0.25, 0.3) is 5.56 Å². The monoisotopic (exact) mass is 371 g/mol. The van der Waals surface area contributed by atoms with E-state index in [0.717, 1.165) is 23.1 Å². The van der Waals surface area contributed by atoms with Gasteiger partial charge in [-0.2, -0.15) is 13.2 Å². The number of carbonyl (C=O) groups excluding carboxylic acids is 1. The number of nitrogens with one attached hydrogen (secondary N) is 1. The molecule has 0 fully saturated rings. The molecule has 0 atom stereocenters. The van der Waals surface area contributed by atoms with E-state index in [1.807, 2.05) is 11.5 Å². The molecule has 0 aliphatic carbocycles. The summed E-state index contributed by atoms with van der Waals surface area (Å²) < 4.78 is 40.0. The molecule has 0 aliphatic heterocycles. The first-order chi connectivity index (χ1) is 11.6. The lowest BCUT2D eigenvalue weighted by atomic mass is 10.2. The summed E-state index contributed by atoms with van der Waals surface area (Å²) in [6.07, 6.45) is -3.01. The number of H-pyrrole nitrogens is 1. The van der Waals surface area contributed by atoms with E-state index < -0.39 is 17.4 Å². The summed E-state index contributed by atoms with van der Waals surface area (Å²) in [6, 6.07) is 2.11. The average molecular weight is 371 g/mol. The van der Waals surface area contributed by atoms with Crippen LogP contribution in [0.3, 0.4) is 0 Å². The Bertz CT molecular complexity index is 868. The standard InChI is InChI=1S/C16H16F3N3O2S/c1-4-5-22-9(2)6-11(10(22)3)12(23)8-25-15-20-13(16(17,18)19)7-14(24)21-15/h4,6-7H,1,5,8H2,2-3H3,(H,20,21,24). The van der Waals surface area contributed by atoms with E-state index in [9.17, 15) is 22.8 Å². The molecule has 5 nitrogen and oxygen atoms in total. The molecule has 9 heteroatoms. The molecule has 1 N–H and O–H groups in total. The molecule has 0 saturated heterocycles. The Balaban J connectivity index is 2.18. The van der Waals surface area contributed by atoms with Crippen LogP contribution in [0.5, 0.6) is 0 Å². The SMILES string of the molecule is C=CCn1c(C)cc(C(=O)CSc2nc(C(F)(F)F)cc(=O)[nH]2)c1C. The maximum absolute atomic E-state index is 12.7. The number of nitrogens with zero attached hydrogens (tertiary/aromatic N) is 2. The molecule has 0 radical (unpaired) electrons. The number of thioether (sulfide) groups is 1. The molecule has 2 heterocycles. The molecule has 2 aromatic rings. The van der Waals surface area contributed by atoms with Gasteiger partial charge in [0.2, 0.25) is 0 Å². The van der Waals surface area contributed by atoms with Crippen molar-refractivity contribution in [3.05, 3.63) is 57.8 Å². The van der Waals surface area contributed by atoms with Crippen LogP contribution in [0.4, 0.5) is 13.2 Å². The minimum absolute atomic E-state index is 0.136. The maximum Gasteiger partial charge on any atom is 0.433 e. The van der Waals surface area contributed by atoms with Crippen LogP contribution in [0.2, 0.25) is 0 Å². The molecule has 25 heavy (non-hydrogen) atoms. The van der Waals surface area contributed by atoms with Crippen molar-refractivity contribution in [2.75, 3.05) is 5.75 Å². The summed E-state index contributed by atoms with van der Waals surface area (Å²) in [5, 5.41) is -0.243. The number of halogens is 3. The van der Waals surface area contributed by atoms with Gasteiger partial charge in [-0.25, -0.2) is 4.98 Å². The highest BCUT2D eigenvalue weighted by Crippen LogP contribution is 2.28. The largest absolute Gasteiger partial charge is 0.433 e. The first-order valence-electron chi connectivity index (χ1n) is 7.25. The third-order valence-corrected chi connectivity index (χ3v) is 4.41. The van der Waals surface area contributed by atoms with Gasteiger partial charge in [-0.3, -0.25) is 9.59 Å². The molecule has 0 saturated carbocycles. The van der Waals surface area contributed by atoms with Gasteiger partial charge in [0.15, 0.2) is 16.6 Å². The fraction of sp³-hybridized carbons (Fsp3) is 0.312. The smallest absolute Gasteiger partial charge is 0.345 e. The van der Waals surface area contributed by atoms with Gasteiger partial charge in [-0.1, -0.05) is 17.8 Å². The van der Waals surface area contributed by atoms with Crippen molar-refractivity contribution < 1.29 is 18.0 Å². The minimum Gasteiger partial charge on any atom is -0.345 e. The van der Waals surface area contributed by atoms with Crippen molar-refractivity contribution in [1.82, 2.24) is 14.5 Å². The number of alkyl halides is 3. The Labute approximate surface area is 146 Å². The Morgan fingerprint density at radius 3 is 2.68 bits per heavy atom. The molecular weight excluding hydrogens is 355 g/mol. The van der Waals surface area contributed by atoms with Crippen LogP contribution >= 0.6 is 11.8 Å². The number of ketones is 1. The Kier molecular flexibility index (Phi) is 5.56. The molecular formula is C16H16F3N3O2S. The normalized spacial score (nSPS) is 11.6. The van der Waals surface area contributed by atoms with Crippen molar-refractivity contribution in [3.8, 4) is 0 Å². The summed E-state index contributed by atoms with van der Waals surface area (Å²) in [4.78, 5) is 29.3. The molecule has 2 rings (SSSR count). The van der Waals surface area contributed by atoms with Crippen LogP contribution in [-0.2, 0) is 12.7 Å². The number of aromatic nitrogens is 3. The number of allylic oxidation sites excluding steroid dienone is 1. The Hall–Kier alpha value is -2.29. The Morgan fingerprint density at radius 1 is 1.40 bits per heavy atom. The van der Waals surface area contributed by atoms with Gasteiger partial charge in [0.1, 0.15) is 0 Å². The molecule has 0 amide bonds. The van der Waals surface area contributed by atoms with Gasteiger partial charge in [0.05, 0.1) is 5.75 Å². The third-order valence-electron chi connectivity index (χ3n) is 3.54. The third kappa shape index (κ3) is 4.41. The lowest BCUT2D eigenvalue weighted by Crippen LogP contribution is -2.17. The zero-order valence-electron chi connectivity index (χ0n) is 13.6. The second-order valence-electron chi connectivity index (χ2n) is 5.33. The van der Waals surface area contributed by atoms with Crippen molar-refractivity contribution in [1.29, 1.82) is 0 Å². The second-order valence-corrected chi connectivity index (χ2v) is 6.29. The summed E-state index contributed by atoms with van der Waals surface area (Å²) >= 11 is 0.759. The van der Waals surface area contributed by atoms with Crippen molar-refractivity contribution in [2.24, 2.45) is 0 Å².